The molecule has 206 valence electrons. The van der Waals surface area contributed by atoms with E-state index in [9.17, 15) is 14.7 Å². The second kappa shape index (κ2) is 16.8. The molecule has 5 atom stereocenters. The van der Waals surface area contributed by atoms with Gasteiger partial charge >= 0.3 is 12.1 Å². The molecular formula is C28H41IN2O5S. The van der Waals surface area contributed by atoms with Gasteiger partial charge < -0.3 is 19.9 Å². The lowest BCUT2D eigenvalue weighted by molar-refractivity contribution is -0.145. The molecular weight excluding hydrogens is 603 g/mol. The molecule has 0 aliphatic heterocycles. The van der Waals surface area contributed by atoms with Crippen molar-refractivity contribution in [2.45, 2.75) is 72.7 Å². The van der Waals surface area contributed by atoms with Gasteiger partial charge in [0.05, 0.1) is 11.8 Å². The number of halogens is 1. The highest BCUT2D eigenvalue weighted by molar-refractivity contribution is 14.1. The number of hydrogen-bond donors (Lipinski definition) is 2. The Bertz CT molecular complexity index is 981. The van der Waals surface area contributed by atoms with Crippen molar-refractivity contribution >= 4 is 46.0 Å². The number of rotatable bonds is 14. The summed E-state index contributed by atoms with van der Waals surface area (Å²) < 4.78 is 12.4. The Hall–Kier alpha value is -1.98. The number of nitrogens with zero attached hydrogens (tertiary/aromatic N) is 1. The molecule has 0 spiro atoms. The third-order valence-electron chi connectivity index (χ3n) is 5.52. The third kappa shape index (κ3) is 12.4. The van der Waals surface area contributed by atoms with Crippen molar-refractivity contribution < 1.29 is 24.2 Å². The van der Waals surface area contributed by atoms with E-state index in [1.165, 1.54) is 24.5 Å². The molecule has 1 aromatic heterocycles. The van der Waals surface area contributed by atoms with Crippen molar-refractivity contribution in [2.75, 3.05) is 7.05 Å². The Morgan fingerprint density at radius 1 is 1.19 bits per heavy atom. The number of thiazole rings is 1. The van der Waals surface area contributed by atoms with E-state index in [1.807, 2.05) is 59.1 Å². The standard InChI is InChI=1S/C28H41IN2O5S/c1-9-19(5)26(22-16-37-27(31-22)24(13-17(2)3)35-28(34)30-8)36-25(33)12-10-11-18(4)14-23(32)20(6)15-21(7)29/h9-10,12,14-17,19-20,23-24,26,32H,1,11,13H2,2-8H3,(H,30,34)/b12-10+,18-14+,21-15-/t19-,20-,23+,24-,26-/m0/s1. The van der Waals surface area contributed by atoms with Gasteiger partial charge in [0.15, 0.2) is 12.2 Å². The molecule has 1 aromatic rings. The van der Waals surface area contributed by atoms with Crippen LogP contribution in [-0.2, 0) is 14.3 Å². The Morgan fingerprint density at radius 2 is 1.86 bits per heavy atom. The Labute approximate surface area is 239 Å². The number of aliphatic hydroxyl groups is 1. The highest BCUT2D eigenvalue weighted by Crippen LogP contribution is 2.33. The van der Waals surface area contributed by atoms with Crippen LogP contribution in [-0.4, -0.2) is 35.3 Å². The summed E-state index contributed by atoms with van der Waals surface area (Å²) in [6.07, 6.45) is 7.59. The minimum Gasteiger partial charge on any atom is -0.452 e. The fourth-order valence-corrected chi connectivity index (χ4v) is 4.88. The van der Waals surface area contributed by atoms with E-state index >= 15 is 0 Å². The molecule has 2 N–H and O–H groups in total. The lowest BCUT2D eigenvalue weighted by Crippen LogP contribution is -2.23. The maximum absolute atomic E-state index is 12.6. The van der Waals surface area contributed by atoms with E-state index in [-0.39, 0.29) is 11.8 Å². The lowest BCUT2D eigenvalue weighted by atomic mass is 10.0. The maximum atomic E-state index is 12.6. The van der Waals surface area contributed by atoms with Gasteiger partial charge in [-0.05, 0) is 58.8 Å². The average Bonchev–Trinajstić information content (AvgIpc) is 3.30. The van der Waals surface area contributed by atoms with Crippen LogP contribution in [0.4, 0.5) is 4.79 Å². The first-order valence-corrected chi connectivity index (χ1v) is 14.4. The Kier molecular flexibility index (Phi) is 15.0. The largest absolute Gasteiger partial charge is 0.452 e. The quantitative estimate of drug-likeness (QED) is 0.0961. The third-order valence-corrected chi connectivity index (χ3v) is 6.83. The molecule has 0 saturated carbocycles. The normalized spacial score (nSPS) is 16.7. The first-order chi connectivity index (χ1) is 17.4. The smallest absolute Gasteiger partial charge is 0.407 e. The summed E-state index contributed by atoms with van der Waals surface area (Å²) >= 11 is 3.60. The molecule has 0 unspecified atom stereocenters. The molecule has 1 heterocycles. The van der Waals surface area contributed by atoms with Crippen LogP contribution in [0.3, 0.4) is 0 Å². The van der Waals surface area contributed by atoms with Crippen molar-refractivity contribution in [2.24, 2.45) is 17.8 Å². The van der Waals surface area contributed by atoms with Crippen LogP contribution in [0.2, 0.25) is 0 Å². The fraction of sp³-hybridized carbons (Fsp3) is 0.536. The van der Waals surface area contributed by atoms with E-state index < -0.39 is 30.4 Å². The van der Waals surface area contributed by atoms with Gasteiger partial charge in [0, 0.05) is 30.3 Å². The molecule has 0 radical (unpaired) electrons. The summed E-state index contributed by atoms with van der Waals surface area (Å²) in [6.45, 7) is 15.7. The highest BCUT2D eigenvalue weighted by atomic mass is 127. The van der Waals surface area contributed by atoms with Crippen LogP contribution < -0.4 is 5.32 Å². The van der Waals surface area contributed by atoms with Gasteiger partial charge in [0.25, 0.3) is 0 Å². The number of ether oxygens (including phenoxy) is 2. The second-order valence-electron chi connectivity index (χ2n) is 9.56. The summed E-state index contributed by atoms with van der Waals surface area (Å²) in [7, 11) is 1.52. The molecule has 0 aliphatic carbocycles. The van der Waals surface area contributed by atoms with Crippen LogP contribution in [0.5, 0.6) is 0 Å². The molecule has 0 saturated heterocycles. The van der Waals surface area contributed by atoms with Crippen molar-refractivity contribution in [3.05, 3.63) is 62.2 Å². The van der Waals surface area contributed by atoms with Crippen LogP contribution in [0.25, 0.3) is 0 Å². The summed E-state index contributed by atoms with van der Waals surface area (Å²) in [4.78, 5) is 29.1. The van der Waals surface area contributed by atoms with Gasteiger partial charge in [-0.25, -0.2) is 14.6 Å². The second-order valence-corrected chi connectivity index (χ2v) is 12.2. The van der Waals surface area contributed by atoms with Gasteiger partial charge in [0.1, 0.15) is 5.01 Å². The summed E-state index contributed by atoms with van der Waals surface area (Å²) in [6, 6.07) is 0. The van der Waals surface area contributed by atoms with Crippen molar-refractivity contribution in [1.29, 1.82) is 0 Å². The van der Waals surface area contributed by atoms with Crippen LogP contribution in [0.15, 0.2) is 51.5 Å². The molecule has 0 bridgehead atoms. The number of nitrogens with one attached hydrogen (secondary N) is 1. The SMILES string of the molecule is C=C[C@H](C)[C@H](OC(=O)/C=C/C/C(C)=C/[C@@H](O)[C@@H](C)/C=C(/C)I)c1csc([C@H](CC(C)C)OC(=O)NC)n1. The number of hydrogen-bond acceptors (Lipinski definition) is 7. The minimum absolute atomic E-state index is 0.00633. The number of carbonyl (C=O) groups is 2. The van der Waals surface area contributed by atoms with E-state index in [2.05, 4.69) is 39.5 Å². The first-order valence-electron chi connectivity index (χ1n) is 12.4. The number of esters is 1. The lowest BCUT2D eigenvalue weighted by Gasteiger charge is -2.20. The van der Waals surface area contributed by atoms with Crippen LogP contribution in [0.1, 0.15) is 77.3 Å². The highest BCUT2D eigenvalue weighted by Gasteiger charge is 2.27. The van der Waals surface area contributed by atoms with E-state index in [1.54, 1.807) is 12.2 Å². The molecule has 0 aliphatic rings. The van der Waals surface area contributed by atoms with E-state index in [4.69, 9.17) is 9.47 Å². The zero-order valence-electron chi connectivity index (χ0n) is 22.9. The van der Waals surface area contributed by atoms with Gasteiger partial charge in [0.2, 0.25) is 0 Å². The number of aromatic nitrogens is 1. The maximum Gasteiger partial charge on any atom is 0.407 e. The summed E-state index contributed by atoms with van der Waals surface area (Å²) in [5.74, 6) is -0.365. The zero-order valence-corrected chi connectivity index (χ0v) is 25.8. The van der Waals surface area contributed by atoms with Crippen molar-refractivity contribution in [1.82, 2.24) is 10.3 Å². The fourth-order valence-electron chi connectivity index (χ4n) is 3.43. The molecule has 1 amide bonds. The summed E-state index contributed by atoms with van der Waals surface area (Å²) in [5, 5.41) is 15.3. The Morgan fingerprint density at radius 3 is 2.43 bits per heavy atom. The van der Waals surface area contributed by atoms with Crippen LogP contribution in [0, 0.1) is 17.8 Å². The number of aliphatic hydroxyl groups excluding tert-OH is 1. The molecule has 0 aromatic carbocycles. The zero-order chi connectivity index (χ0) is 28.1. The van der Waals surface area contributed by atoms with Crippen molar-refractivity contribution in [3.63, 3.8) is 0 Å². The van der Waals surface area contributed by atoms with Gasteiger partial charge in [-0.1, -0.05) is 57.6 Å². The van der Waals surface area contributed by atoms with Gasteiger partial charge in [-0.3, -0.25) is 0 Å². The number of allylic oxidation sites excluding steroid dienone is 3. The topological polar surface area (TPSA) is 97.8 Å². The predicted octanol–water partition coefficient (Wildman–Crippen LogP) is 7.22. The molecule has 1 rings (SSSR count). The monoisotopic (exact) mass is 644 g/mol. The van der Waals surface area contributed by atoms with E-state index in [0.717, 1.165) is 9.15 Å². The number of alkyl carbamates (subject to hydrolysis) is 1. The molecule has 37 heavy (non-hydrogen) atoms. The molecule has 9 heteroatoms. The molecule has 7 nitrogen and oxygen atoms in total. The minimum atomic E-state index is -0.623. The predicted molar refractivity (Wildman–Crippen MR) is 159 cm³/mol. The number of amides is 1. The van der Waals surface area contributed by atoms with Gasteiger partial charge in [-0.15, -0.1) is 17.9 Å². The Balaban J connectivity index is 2.93. The molecule has 0 fully saturated rings. The summed E-state index contributed by atoms with van der Waals surface area (Å²) in [5.41, 5.74) is 1.55. The first kappa shape index (κ1) is 33.0. The van der Waals surface area contributed by atoms with E-state index in [0.29, 0.717) is 29.5 Å². The van der Waals surface area contributed by atoms with Crippen LogP contribution >= 0.6 is 33.9 Å². The van der Waals surface area contributed by atoms with Crippen molar-refractivity contribution in [3.8, 4) is 0 Å². The van der Waals surface area contributed by atoms with Gasteiger partial charge in [-0.2, -0.15) is 0 Å². The average molecular weight is 645 g/mol. The number of carbonyl (C=O) groups excluding carboxylic acids is 2.